The van der Waals surface area contributed by atoms with E-state index in [1.54, 1.807) is 4.90 Å². The summed E-state index contributed by atoms with van der Waals surface area (Å²) in [5.74, 6) is 1.32. The number of rotatable bonds is 9. The van der Waals surface area contributed by atoms with E-state index in [4.69, 9.17) is 4.74 Å². The summed E-state index contributed by atoms with van der Waals surface area (Å²) in [5, 5.41) is 2.87. The van der Waals surface area contributed by atoms with Gasteiger partial charge in [0.25, 0.3) is 0 Å². The van der Waals surface area contributed by atoms with Crippen LogP contribution in [0, 0.1) is 0 Å². The normalized spacial score (nSPS) is 10.2. The standard InChI is InChI=1S/C21H26N2O3/c1-3-4-15-22-21(25)14-16-23(17(2)24)18-10-12-20(13-11-18)26-19-8-6-5-7-9-19/h5-13H,3-4,14-16H2,1-2H3,(H,22,25). The number of para-hydroxylation sites is 1. The van der Waals surface area contributed by atoms with Gasteiger partial charge < -0.3 is 15.0 Å². The van der Waals surface area contributed by atoms with Crippen LogP contribution in [-0.4, -0.2) is 24.9 Å². The molecule has 0 aliphatic carbocycles. The first-order chi connectivity index (χ1) is 12.6. The molecule has 0 atom stereocenters. The Bertz CT molecular complexity index is 699. The van der Waals surface area contributed by atoms with Crippen LogP contribution in [0.5, 0.6) is 11.5 Å². The minimum atomic E-state index is -0.0944. The molecule has 0 aliphatic rings. The van der Waals surface area contributed by atoms with Gasteiger partial charge in [0, 0.05) is 32.1 Å². The van der Waals surface area contributed by atoms with Crippen LogP contribution < -0.4 is 15.0 Å². The van der Waals surface area contributed by atoms with Gasteiger partial charge in [0.05, 0.1) is 0 Å². The summed E-state index contributed by atoms with van der Waals surface area (Å²) in [5.41, 5.74) is 0.749. The van der Waals surface area contributed by atoms with E-state index in [1.165, 1.54) is 6.92 Å². The van der Waals surface area contributed by atoms with Crippen LogP contribution in [-0.2, 0) is 9.59 Å². The van der Waals surface area contributed by atoms with Gasteiger partial charge >= 0.3 is 0 Å². The highest BCUT2D eigenvalue weighted by molar-refractivity contribution is 5.92. The van der Waals surface area contributed by atoms with Crippen molar-refractivity contribution in [1.82, 2.24) is 5.32 Å². The Morgan fingerprint density at radius 2 is 1.65 bits per heavy atom. The Kier molecular flexibility index (Phi) is 7.68. The fourth-order valence-electron chi connectivity index (χ4n) is 2.49. The zero-order valence-corrected chi connectivity index (χ0v) is 15.4. The largest absolute Gasteiger partial charge is 0.457 e. The first-order valence-corrected chi connectivity index (χ1v) is 8.98. The molecule has 1 N–H and O–H groups in total. The number of benzene rings is 2. The summed E-state index contributed by atoms with van der Waals surface area (Å²) in [4.78, 5) is 25.4. The second-order valence-electron chi connectivity index (χ2n) is 6.03. The average Bonchev–Trinajstić information content (AvgIpc) is 2.64. The first kappa shape index (κ1) is 19.5. The Hall–Kier alpha value is -2.82. The molecule has 2 aromatic rings. The van der Waals surface area contributed by atoms with E-state index in [0.29, 0.717) is 18.8 Å². The molecule has 0 saturated carbocycles. The summed E-state index contributed by atoms with van der Waals surface area (Å²) >= 11 is 0. The second-order valence-corrected chi connectivity index (χ2v) is 6.03. The van der Waals surface area contributed by atoms with Gasteiger partial charge in [-0.3, -0.25) is 9.59 Å². The van der Waals surface area contributed by atoms with Crippen LogP contribution in [0.3, 0.4) is 0 Å². The Labute approximate surface area is 155 Å². The molecule has 0 radical (unpaired) electrons. The third-order valence-corrected chi connectivity index (χ3v) is 3.92. The summed E-state index contributed by atoms with van der Waals surface area (Å²) in [6.07, 6.45) is 2.29. The number of ether oxygens (including phenoxy) is 1. The molecule has 0 fully saturated rings. The Balaban J connectivity index is 1.94. The number of hydrogen-bond donors (Lipinski definition) is 1. The van der Waals surface area contributed by atoms with Crippen molar-refractivity contribution < 1.29 is 14.3 Å². The molecule has 0 heterocycles. The molecule has 0 saturated heterocycles. The number of carbonyl (C=O) groups is 2. The van der Waals surface area contributed by atoms with Crippen LogP contribution in [0.4, 0.5) is 5.69 Å². The number of nitrogens with zero attached hydrogens (tertiary/aromatic N) is 1. The molecule has 0 unspecified atom stereocenters. The number of amides is 2. The molecule has 0 spiro atoms. The maximum atomic E-state index is 12.0. The zero-order valence-electron chi connectivity index (χ0n) is 15.4. The minimum absolute atomic E-state index is 0.0336. The van der Waals surface area contributed by atoms with Crippen molar-refractivity contribution in [2.24, 2.45) is 0 Å². The molecule has 0 aliphatic heterocycles. The third kappa shape index (κ3) is 6.24. The first-order valence-electron chi connectivity index (χ1n) is 8.98. The number of anilines is 1. The summed E-state index contributed by atoms with van der Waals surface area (Å²) in [6, 6.07) is 16.8. The van der Waals surface area contributed by atoms with Gasteiger partial charge in [-0.05, 0) is 42.8 Å². The molecule has 5 nitrogen and oxygen atoms in total. The fraction of sp³-hybridized carbons (Fsp3) is 0.333. The predicted octanol–water partition coefficient (Wildman–Crippen LogP) is 4.14. The number of carbonyl (C=O) groups excluding carboxylic acids is 2. The van der Waals surface area contributed by atoms with Crippen molar-refractivity contribution in [3.63, 3.8) is 0 Å². The molecule has 2 amide bonds. The van der Waals surface area contributed by atoms with Crippen molar-refractivity contribution in [2.45, 2.75) is 33.1 Å². The number of nitrogens with one attached hydrogen (secondary N) is 1. The monoisotopic (exact) mass is 354 g/mol. The van der Waals surface area contributed by atoms with Gasteiger partial charge in [0.15, 0.2) is 0 Å². The SMILES string of the molecule is CCCCNC(=O)CCN(C(C)=O)c1ccc(Oc2ccccc2)cc1. The van der Waals surface area contributed by atoms with Gasteiger partial charge in [0.1, 0.15) is 11.5 Å². The van der Waals surface area contributed by atoms with Crippen molar-refractivity contribution in [2.75, 3.05) is 18.0 Å². The lowest BCUT2D eigenvalue weighted by Crippen LogP contribution is -2.34. The van der Waals surface area contributed by atoms with E-state index in [-0.39, 0.29) is 18.2 Å². The van der Waals surface area contributed by atoms with Crippen LogP contribution in [0.15, 0.2) is 54.6 Å². The second kappa shape index (κ2) is 10.2. The number of hydrogen-bond acceptors (Lipinski definition) is 3. The zero-order chi connectivity index (χ0) is 18.8. The highest BCUT2D eigenvalue weighted by atomic mass is 16.5. The summed E-state index contributed by atoms with van der Waals surface area (Å²) in [6.45, 7) is 4.62. The highest BCUT2D eigenvalue weighted by Crippen LogP contribution is 2.24. The van der Waals surface area contributed by atoms with E-state index >= 15 is 0 Å². The average molecular weight is 354 g/mol. The molecule has 2 aromatic carbocycles. The van der Waals surface area contributed by atoms with Gasteiger partial charge in [-0.25, -0.2) is 0 Å². The summed E-state index contributed by atoms with van der Waals surface area (Å²) in [7, 11) is 0. The van der Waals surface area contributed by atoms with Crippen molar-refractivity contribution in [3.8, 4) is 11.5 Å². The molecule has 5 heteroatoms. The molecule has 0 aromatic heterocycles. The van der Waals surface area contributed by atoms with Crippen molar-refractivity contribution in [3.05, 3.63) is 54.6 Å². The van der Waals surface area contributed by atoms with Crippen LogP contribution >= 0.6 is 0 Å². The van der Waals surface area contributed by atoms with E-state index in [2.05, 4.69) is 12.2 Å². The van der Waals surface area contributed by atoms with Gasteiger partial charge in [-0.15, -0.1) is 0 Å². The minimum Gasteiger partial charge on any atom is -0.457 e. The Morgan fingerprint density at radius 3 is 2.27 bits per heavy atom. The molecule has 26 heavy (non-hydrogen) atoms. The quantitative estimate of drug-likeness (QED) is 0.689. The maximum absolute atomic E-state index is 12.0. The molecule has 2 rings (SSSR count). The van der Waals surface area contributed by atoms with E-state index in [0.717, 1.165) is 24.3 Å². The summed E-state index contributed by atoms with van der Waals surface area (Å²) < 4.78 is 5.76. The highest BCUT2D eigenvalue weighted by Gasteiger charge is 2.13. The van der Waals surface area contributed by atoms with E-state index < -0.39 is 0 Å². The van der Waals surface area contributed by atoms with Crippen molar-refractivity contribution in [1.29, 1.82) is 0 Å². The lowest BCUT2D eigenvalue weighted by atomic mass is 10.2. The lowest BCUT2D eigenvalue weighted by molar-refractivity contribution is -0.121. The molecular formula is C21H26N2O3. The fourth-order valence-corrected chi connectivity index (χ4v) is 2.49. The van der Waals surface area contributed by atoms with E-state index in [1.807, 2.05) is 54.6 Å². The van der Waals surface area contributed by atoms with Crippen LogP contribution in [0.1, 0.15) is 33.1 Å². The van der Waals surface area contributed by atoms with E-state index in [9.17, 15) is 9.59 Å². The number of unbranched alkanes of at least 4 members (excludes halogenated alkanes) is 1. The van der Waals surface area contributed by atoms with Gasteiger partial charge in [-0.1, -0.05) is 31.5 Å². The van der Waals surface area contributed by atoms with Crippen LogP contribution in [0.25, 0.3) is 0 Å². The maximum Gasteiger partial charge on any atom is 0.223 e. The molecular weight excluding hydrogens is 328 g/mol. The van der Waals surface area contributed by atoms with Gasteiger partial charge in [-0.2, -0.15) is 0 Å². The lowest BCUT2D eigenvalue weighted by Gasteiger charge is -2.21. The topological polar surface area (TPSA) is 58.6 Å². The van der Waals surface area contributed by atoms with Crippen LogP contribution in [0.2, 0.25) is 0 Å². The molecule has 138 valence electrons. The smallest absolute Gasteiger partial charge is 0.223 e. The third-order valence-electron chi connectivity index (χ3n) is 3.92. The predicted molar refractivity (Wildman–Crippen MR) is 104 cm³/mol. The molecule has 0 bridgehead atoms. The Morgan fingerprint density at radius 1 is 1.00 bits per heavy atom. The van der Waals surface area contributed by atoms with Gasteiger partial charge in [0.2, 0.25) is 11.8 Å². The van der Waals surface area contributed by atoms with Crippen molar-refractivity contribution >= 4 is 17.5 Å².